The van der Waals surface area contributed by atoms with Crippen molar-refractivity contribution in [2.75, 3.05) is 6.61 Å². The second-order valence-corrected chi connectivity index (χ2v) is 8.84. The predicted molar refractivity (Wildman–Crippen MR) is 124 cm³/mol. The molecule has 0 saturated carbocycles. The summed E-state index contributed by atoms with van der Waals surface area (Å²) in [4.78, 5) is 1.01. The summed E-state index contributed by atoms with van der Waals surface area (Å²) in [7, 11) is 0. The predicted octanol–water partition coefficient (Wildman–Crippen LogP) is 4.03. The van der Waals surface area contributed by atoms with E-state index in [-0.39, 0.29) is 6.61 Å². The van der Waals surface area contributed by atoms with E-state index >= 15 is 0 Å². The Morgan fingerprint density at radius 2 is 1.22 bits per heavy atom. The van der Waals surface area contributed by atoms with Crippen LogP contribution in [0.3, 0.4) is 0 Å². The van der Waals surface area contributed by atoms with E-state index in [1.54, 1.807) is 0 Å². The van der Waals surface area contributed by atoms with Crippen LogP contribution in [0.1, 0.15) is 11.1 Å². The van der Waals surface area contributed by atoms with E-state index in [2.05, 4.69) is 0 Å². The normalized spacial score (nSPS) is 25.5. The van der Waals surface area contributed by atoms with Crippen molar-refractivity contribution in [3.63, 3.8) is 0 Å². The standard InChI is InChI=1S/C26H28O5S/c27-16-22-23(28)24(29-17-19-10-4-1-5-11-19)25(30-18-20-12-6-2-7-13-20)26(31-22)32-21-14-8-3-9-15-21/h1-15,22-28H,16-18H2/t22-,23+,24+,25-,26+/m1/s1. The Balaban J connectivity index is 1.56. The summed E-state index contributed by atoms with van der Waals surface area (Å²) in [5.74, 6) is 0. The highest BCUT2D eigenvalue weighted by molar-refractivity contribution is 7.99. The molecule has 5 nitrogen and oxygen atoms in total. The van der Waals surface area contributed by atoms with Gasteiger partial charge in [0.1, 0.15) is 29.9 Å². The fourth-order valence-corrected chi connectivity index (χ4v) is 4.82. The zero-order valence-electron chi connectivity index (χ0n) is 17.7. The Morgan fingerprint density at radius 3 is 1.75 bits per heavy atom. The summed E-state index contributed by atoms with van der Waals surface area (Å²) in [6.07, 6.45) is -2.97. The lowest BCUT2D eigenvalue weighted by molar-refractivity contribution is -0.237. The van der Waals surface area contributed by atoms with Crippen LogP contribution in [0.5, 0.6) is 0 Å². The molecular formula is C26H28O5S. The zero-order valence-corrected chi connectivity index (χ0v) is 18.5. The quantitative estimate of drug-likeness (QED) is 0.511. The van der Waals surface area contributed by atoms with E-state index in [1.165, 1.54) is 11.8 Å². The van der Waals surface area contributed by atoms with Crippen molar-refractivity contribution in [3.8, 4) is 0 Å². The van der Waals surface area contributed by atoms with Gasteiger partial charge in [-0.25, -0.2) is 0 Å². The molecule has 1 aliphatic rings. The van der Waals surface area contributed by atoms with E-state index in [1.807, 2.05) is 91.0 Å². The Kier molecular flexibility index (Phi) is 8.34. The van der Waals surface area contributed by atoms with Crippen molar-refractivity contribution in [1.82, 2.24) is 0 Å². The van der Waals surface area contributed by atoms with Crippen LogP contribution in [0.4, 0.5) is 0 Å². The number of aliphatic hydroxyl groups is 2. The second-order valence-electron chi connectivity index (χ2n) is 7.67. The average Bonchev–Trinajstić information content (AvgIpc) is 2.85. The maximum atomic E-state index is 11.0. The summed E-state index contributed by atoms with van der Waals surface area (Å²) < 4.78 is 18.6. The number of hydrogen-bond donors (Lipinski definition) is 2. The van der Waals surface area contributed by atoms with Crippen LogP contribution in [-0.4, -0.2) is 46.7 Å². The summed E-state index contributed by atoms with van der Waals surface area (Å²) in [6.45, 7) is 0.390. The first-order valence-corrected chi connectivity index (χ1v) is 11.6. The maximum Gasteiger partial charge on any atom is 0.137 e. The average molecular weight is 453 g/mol. The topological polar surface area (TPSA) is 68.2 Å². The van der Waals surface area contributed by atoms with Crippen LogP contribution < -0.4 is 0 Å². The summed E-state index contributed by atoms with van der Waals surface area (Å²) in [6, 6.07) is 29.6. The molecule has 0 unspecified atom stereocenters. The third-order valence-electron chi connectivity index (χ3n) is 5.36. The number of hydrogen-bond acceptors (Lipinski definition) is 6. The van der Waals surface area contributed by atoms with Gasteiger partial charge in [0.25, 0.3) is 0 Å². The fraction of sp³-hybridized carbons (Fsp3) is 0.308. The minimum absolute atomic E-state index is 0.302. The molecule has 1 saturated heterocycles. The fourth-order valence-electron chi connectivity index (χ4n) is 3.67. The van der Waals surface area contributed by atoms with Gasteiger partial charge in [-0.3, -0.25) is 0 Å². The molecule has 3 aromatic carbocycles. The first-order chi connectivity index (χ1) is 15.7. The van der Waals surface area contributed by atoms with Crippen LogP contribution in [0.15, 0.2) is 95.9 Å². The molecule has 0 aliphatic carbocycles. The Bertz CT molecular complexity index is 925. The van der Waals surface area contributed by atoms with E-state index in [9.17, 15) is 10.2 Å². The minimum atomic E-state index is -1.02. The molecule has 5 atom stereocenters. The van der Waals surface area contributed by atoms with Gasteiger partial charge in [0.05, 0.1) is 19.8 Å². The molecule has 0 amide bonds. The van der Waals surface area contributed by atoms with Gasteiger partial charge in [-0.2, -0.15) is 0 Å². The van der Waals surface area contributed by atoms with Crippen LogP contribution in [0.25, 0.3) is 0 Å². The van der Waals surface area contributed by atoms with E-state index in [0.717, 1.165) is 16.0 Å². The smallest absolute Gasteiger partial charge is 0.137 e. The molecule has 0 bridgehead atoms. The summed E-state index contributed by atoms with van der Waals surface area (Å²) in [5, 5.41) is 20.8. The maximum absolute atomic E-state index is 11.0. The van der Waals surface area contributed by atoms with Gasteiger partial charge in [-0.15, -0.1) is 0 Å². The third-order valence-corrected chi connectivity index (χ3v) is 6.52. The molecular weight excluding hydrogens is 424 g/mol. The molecule has 3 aromatic rings. The van der Waals surface area contributed by atoms with Gasteiger partial charge in [-0.1, -0.05) is 90.6 Å². The van der Waals surface area contributed by atoms with Crippen molar-refractivity contribution in [2.24, 2.45) is 0 Å². The van der Waals surface area contributed by atoms with Crippen molar-refractivity contribution in [2.45, 2.75) is 48.0 Å². The van der Waals surface area contributed by atoms with Crippen LogP contribution >= 0.6 is 11.8 Å². The van der Waals surface area contributed by atoms with Gasteiger partial charge in [0.15, 0.2) is 0 Å². The van der Waals surface area contributed by atoms with Crippen LogP contribution in [-0.2, 0) is 27.4 Å². The summed E-state index contributed by atoms with van der Waals surface area (Å²) >= 11 is 1.50. The lowest BCUT2D eigenvalue weighted by Crippen LogP contribution is -2.59. The molecule has 168 valence electrons. The zero-order chi connectivity index (χ0) is 22.2. The number of thioether (sulfide) groups is 1. The van der Waals surface area contributed by atoms with Crippen LogP contribution in [0, 0.1) is 0 Å². The highest BCUT2D eigenvalue weighted by atomic mass is 32.2. The molecule has 0 spiro atoms. The molecule has 1 heterocycles. The van der Waals surface area contributed by atoms with Gasteiger partial charge in [-0.05, 0) is 23.3 Å². The Hall–Kier alpha value is -2.19. The van der Waals surface area contributed by atoms with E-state index < -0.39 is 29.9 Å². The monoisotopic (exact) mass is 452 g/mol. The lowest BCUT2D eigenvalue weighted by Gasteiger charge is -2.43. The molecule has 0 radical (unpaired) electrons. The SMILES string of the molecule is OC[C@H]1O[C@@H](Sc2ccccc2)[C@H](OCc2ccccc2)[C@@H](OCc2ccccc2)[C@H]1O. The molecule has 6 heteroatoms. The first-order valence-electron chi connectivity index (χ1n) is 10.7. The molecule has 0 aromatic heterocycles. The highest BCUT2D eigenvalue weighted by Crippen LogP contribution is 2.36. The number of ether oxygens (including phenoxy) is 3. The number of rotatable bonds is 9. The summed E-state index contributed by atoms with van der Waals surface area (Å²) in [5.41, 5.74) is 1.57. The minimum Gasteiger partial charge on any atom is -0.394 e. The van der Waals surface area contributed by atoms with Gasteiger partial charge in [0, 0.05) is 4.90 Å². The van der Waals surface area contributed by atoms with Crippen molar-refractivity contribution in [1.29, 1.82) is 0 Å². The molecule has 1 aliphatic heterocycles. The van der Waals surface area contributed by atoms with Gasteiger partial charge < -0.3 is 24.4 Å². The largest absolute Gasteiger partial charge is 0.394 e. The van der Waals surface area contributed by atoms with Crippen molar-refractivity contribution >= 4 is 11.8 Å². The Morgan fingerprint density at radius 1 is 0.719 bits per heavy atom. The highest BCUT2D eigenvalue weighted by Gasteiger charge is 2.47. The molecule has 4 rings (SSSR count). The first kappa shape index (κ1) is 23.0. The van der Waals surface area contributed by atoms with Gasteiger partial charge >= 0.3 is 0 Å². The lowest BCUT2D eigenvalue weighted by atomic mass is 9.99. The van der Waals surface area contributed by atoms with Crippen LogP contribution in [0.2, 0.25) is 0 Å². The number of benzene rings is 3. The third kappa shape index (κ3) is 5.98. The molecule has 2 N–H and O–H groups in total. The number of aliphatic hydroxyl groups excluding tert-OH is 2. The van der Waals surface area contributed by atoms with Crippen molar-refractivity contribution < 1.29 is 24.4 Å². The van der Waals surface area contributed by atoms with Gasteiger partial charge in [0.2, 0.25) is 0 Å². The molecule has 32 heavy (non-hydrogen) atoms. The van der Waals surface area contributed by atoms with E-state index in [0.29, 0.717) is 13.2 Å². The van der Waals surface area contributed by atoms with E-state index in [4.69, 9.17) is 14.2 Å². The second kappa shape index (κ2) is 11.6. The molecule has 1 fully saturated rings. The van der Waals surface area contributed by atoms with Crippen molar-refractivity contribution in [3.05, 3.63) is 102 Å². The Labute approximate surface area is 193 Å².